The second-order valence-corrected chi connectivity index (χ2v) is 23.1. The van der Waals surface area contributed by atoms with Crippen LogP contribution in [-0.4, -0.2) is 80.7 Å². The molecule has 3 aromatic heterocycles. The fourth-order valence-electron chi connectivity index (χ4n) is 9.82. The van der Waals surface area contributed by atoms with Crippen LogP contribution in [0, 0.1) is 19.7 Å². The Labute approximate surface area is 537 Å². The van der Waals surface area contributed by atoms with Crippen molar-refractivity contribution in [3.63, 3.8) is 0 Å². The highest BCUT2D eigenvalue weighted by Gasteiger charge is 2.18. The summed E-state index contributed by atoms with van der Waals surface area (Å²) in [4.78, 5) is 28.3. The Morgan fingerprint density at radius 1 is 0.477 bits per heavy atom. The van der Waals surface area contributed by atoms with E-state index in [1.165, 1.54) is 0 Å². The van der Waals surface area contributed by atoms with Crippen molar-refractivity contribution in [1.29, 1.82) is 0 Å². The third-order valence-electron chi connectivity index (χ3n) is 14.4. The number of halogens is 3. The number of hydrogen-bond acceptors (Lipinski definition) is 13. The highest BCUT2D eigenvalue weighted by atomic mass is 35.5. The van der Waals surface area contributed by atoms with E-state index in [4.69, 9.17) is 78.7 Å². The first-order valence-electron chi connectivity index (χ1n) is 29.1. The lowest BCUT2D eigenvalue weighted by atomic mass is 10.0. The third-order valence-corrected chi connectivity index (χ3v) is 16.2. The van der Waals surface area contributed by atoms with Gasteiger partial charge in [0.05, 0.1) is 84.0 Å². The van der Waals surface area contributed by atoms with E-state index in [0.717, 1.165) is 150 Å². The summed E-state index contributed by atoms with van der Waals surface area (Å²) in [5.74, 6) is 2.91. The van der Waals surface area contributed by atoms with E-state index < -0.39 is 0 Å². The first kappa shape index (κ1) is 67.1. The van der Waals surface area contributed by atoms with Gasteiger partial charge < -0.3 is 45.7 Å². The average molecular weight is 1260 g/mol. The minimum atomic E-state index is 0.583. The van der Waals surface area contributed by atoms with Crippen LogP contribution in [-0.2, 0) is 38.9 Å². The van der Waals surface area contributed by atoms with Crippen LogP contribution in [0.3, 0.4) is 0 Å². The number of fused-ring (bicyclic) bond motifs is 3. The number of pyridine rings is 3. The maximum Gasteiger partial charge on any atom is 0.190 e. The normalized spacial score (nSPS) is 10.7. The van der Waals surface area contributed by atoms with Crippen LogP contribution in [0.25, 0.3) is 47.2 Å². The molecule has 19 heteroatoms. The molecule has 9 aromatic rings. The van der Waals surface area contributed by atoms with Crippen molar-refractivity contribution in [3.8, 4) is 17.2 Å². The lowest BCUT2D eigenvalue weighted by molar-refractivity contribution is 0.415. The number of aromatic nitrogens is 3. The topological polar surface area (TPSA) is 143 Å². The molecule has 0 spiro atoms. The molecule has 3 heterocycles. The molecule has 0 radical (unpaired) electrons. The van der Waals surface area contributed by atoms with Gasteiger partial charge in [-0.1, -0.05) is 87.6 Å². The lowest BCUT2D eigenvalue weighted by Crippen LogP contribution is -2.20. The SMILES string of the molecule is [C-]#[N+]c1cc(NCCC)c2ncc(CC)c(NCc3ccc(OC)c(Cl)c3)c2c1.[C-]#[N+]c1cc(NCCN(C)C)c2ncc(CC)c(NCc3ccc(OC)c(Cl)c3)c2c1.[C-]#[N+]c1cc(SCC)c2ncc(CC)c(NCc3ccc(OC)c(Cl)c3)c2c1. The van der Waals surface area contributed by atoms with E-state index in [1.807, 2.05) is 124 Å². The quantitative estimate of drug-likeness (QED) is 0.0290. The number of nitrogens with one attached hydrogen (secondary N) is 5. The van der Waals surface area contributed by atoms with E-state index >= 15 is 0 Å². The number of anilines is 5. The molecule has 15 nitrogen and oxygen atoms in total. The Morgan fingerprint density at radius 2 is 0.841 bits per heavy atom. The highest BCUT2D eigenvalue weighted by Crippen LogP contribution is 2.40. The number of hydrogen-bond donors (Lipinski definition) is 5. The Balaban J connectivity index is 0.000000189. The van der Waals surface area contributed by atoms with Gasteiger partial charge in [0.25, 0.3) is 0 Å². The standard InChI is InChI=1S/C24H28ClN5O.C23H25ClN4O.C22H22ClN3OS/c1-6-17-15-29-24-19(12-18(26-2)13-21(24)27-9-10-30(3)4)23(17)28-14-16-7-8-22(31-5)20(25)11-16;1-5-9-26-20-12-17(25-3)11-18-22(16(6-2)14-28-23(18)20)27-13-15-7-8-21(29-4)19(24)10-15;1-5-15-13-26-22-17(10-16(24-3)11-20(22)28-6-2)21(15)25-12-14-7-8-19(27-4)18(23)9-14/h7-8,11-13,15,27H,6,9-10,14H2,1,3-5H3,(H,28,29);7-8,10-12,14,26H,5-6,9,13H2,1-2,4H3,(H,27,28);7-11,13H,5-6,12H2,1-2,4H3,(H,25,26). The molecule has 0 saturated carbocycles. The summed E-state index contributed by atoms with van der Waals surface area (Å²) >= 11 is 20.5. The molecule has 0 aliphatic heterocycles. The summed E-state index contributed by atoms with van der Waals surface area (Å²) in [5, 5.41) is 22.2. The third kappa shape index (κ3) is 17.0. The van der Waals surface area contributed by atoms with E-state index in [2.05, 4.69) is 85.6 Å². The molecule has 0 amide bonds. The molecule has 88 heavy (non-hydrogen) atoms. The molecule has 9 rings (SSSR count). The number of ether oxygens (including phenoxy) is 3. The summed E-state index contributed by atoms with van der Waals surface area (Å²) in [6.45, 7) is 37.4. The summed E-state index contributed by atoms with van der Waals surface area (Å²) in [5.41, 5.74) is 15.8. The van der Waals surface area contributed by atoms with Gasteiger partial charge in [-0.05, 0) is 152 Å². The maximum atomic E-state index is 7.55. The van der Waals surface area contributed by atoms with Crippen LogP contribution in [0.15, 0.2) is 114 Å². The zero-order valence-electron chi connectivity index (χ0n) is 51.6. The minimum absolute atomic E-state index is 0.583. The first-order valence-corrected chi connectivity index (χ1v) is 31.2. The van der Waals surface area contributed by atoms with Crippen LogP contribution in [0.4, 0.5) is 45.5 Å². The highest BCUT2D eigenvalue weighted by molar-refractivity contribution is 7.99. The Kier molecular flexibility index (Phi) is 25.2. The molecule has 0 bridgehead atoms. The number of nitrogens with zero attached hydrogens (tertiary/aromatic N) is 7. The molecule has 5 N–H and O–H groups in total. The van der Waals surface area contributed by atoms with Gasteiger partial charge in [-0.15, -0.1) is 11.8 Å². The summed E-state index contributed by atoms with van der Waals surface area (Å²) < 4.78 is 15.7. The molecule has 0 aliphatic rings. The Bertz CT molecular complexity index is 4030. The van der Waals surface area contributed by atoms with Crippen LogP contribution in [0.1, 0.15) is 74.4 Å². The Morgan fingerprint density at radius 3 is 1.17 bits per heavy atom. The number of aryl methyl sites for hydroxylation is 3. The minimum Gasteiger partial charge on any atom is -0.495 e. The van der Waals surface area contributed by atoms with Crippen molar-refractivity contribution in [2.45, 2.75) is 84.8 Å². The predicted molar refractivity (Wildman–Crippen MR) is 370 cm³/mol. The molecule has 456 valence electrons. The molecule has 0 atom stereocenters. The molecule has 0 saturated heterocycles. The van der Waals surface area contributed by atoms with Crippen LogP contribution >= 0.6 is 46.6 Å². The second kappa shape index (κ2) is 33.1. The van der Waals surface area contributed by atoms with Gasteiger partial charge in [-0.2, -0.15) is 0 Å². The molecule has 0 fully saturated rings. The van der Waals surface area contributed by atoms with Gasteiger partial charge in [0, 0.05) is 96.0 Å². The van der Waals surface area contributed by atoms with Crippen LogP contribution in [0.2, 0.25) is 15.1 Å². The Hall–Kier alpha value is -8.40. The molecular weight excluding hydrogens is 1180 g/mol. The van der Waals surface area contributed by atoms with E-state index in [-0.39, 0.29) is 0 Å². The summed E-state index contributed by atoms with van der Waals surface area (Å²) in [6.07, 6.45) is 9.30. The summed E-state index contributed by atoms with van der Waals surface area (Å²) in [6, 6.07) is 28.7. The van der Waals surface area contributed by atoms with Crippen LogP contribution in [0.5, 0.6) is 17.2 Å². The zero-order valence-corrected chi connectivity index (χ0v) is 54.7. The van der Waals surface area contributed by atoms with Gasteiger partial charge in [-0.25, -0.2) is 14.5 Å². The van der Waals surface area contributed by atoms with Crippen molar-refractivity contribution >= 4 is 125 Å². The second-order valence-electron chi connectivity index (χ2n) is 20.5. The molecule has 0 aliphatic carbocycles. The number of benzene rings is 6. The average Bonchev–Trinajstić information content (AvgIpc) is 1.12. The van der Waals surface area contributed by atoms with Crippen molar-refractivity contribution in [2.24, 2.45) is 0 Å². The lowest BCUT2D eigenvalue weighted by Gasteiger charge is -2.18. The van der Waals surface area contributed by atoms with Gasteiger partial charge in [0.2, 0.25) is 0 Å². The summed E-state index contributed by atoms with van der Waals surface area (Å²) in [7, 11) is 8.89. The van der Waals surface area contributed by atoms with Crippen molar-refractivity contribution in [2.75, 3.05) is 87.4 Å². The van der Waals surface area contributed by atoms with Gasteiger partial charge >= 0.3 is 0 Å². The van der Waals surface area contributed by atoms with E-state index in [0.29, 0.717) is 69.0 Å². The first-order chi connectivity index (χ1) is 42.7. The zero-order chi connectivity index (χ0) is 63.3. The maximum absolute atomic E-state index is 7.55. The number of thioether (sulfide) groups is 1. The fraction of sp³-hybridized carbons (Fsp3) is 0.304. The smallest absolute Gasteiger partial charge is 0.190 e. The largest absolute Gasteiger partial charge is 0.495 e. The fourth-order valence-corrected chi connectivity index (χ4v) is 11.5. The van der Waals surface area contributed by atoms with Crippen molar-refractivity contribution in [1.82, 2.24) is 19.9 Å². The molecular formula is C69H75Cl3N12O3S. The number of likely N-dealkylation sites (N-methyl/N-ethyl adjacent to an activating group) is 1. The molecule has 6 aromatic carbocycles. The monoisotopic (exact) mass is 1260 g/mol. The van der Waals surface area contributed by atoms with Crippen molar-refractivity contribution in [3.05, 3.63) is 192 Å². The number of rotatable bonds is 24. The van der Waals surface area contributed by atoms with Gasteiger partial charge in [-0.3, -0.25) is 15.0 Å². The van der Waals surface area contributed by atoms with Gasteiger partial charge in [0.15, 0.2) is 17.1 Å². The van der Waals surface area contributed by atoms with Crippen molar-refractivity contribution < 1.29 is 14.2 Å². The van der Waals surface area contributed by atoms with Crippen LogP contribution < -0.4 is 40.8 Å². The predicted octanol–water partition coefficient (Wildman–Crippen LogP) is 18.8. The van der Waals surface area contributed by atoms with Gasteiger partial charge in [0.1, 0.15) is 17.2 Å². The molecule has 0 unspecified atom stereocenters. The van der Waals surface area contributed by atoms with E-state index in [9.17, 15) is 0 Å². The number of methoxy groups -OCH3 is 3. The van der Waals surface area contributed by atoms with E-state index in [1.54, 1.807) is 33.1 Å².